The van der Waals surface area contributed by atoms with Gasteiger partial charge in [-0.25, -0.2) is 0 Å². The Morgan fingerprint density at radius 1 is 1.10 bits per heavy atom. The molecule has 3 nitrogen and oxygen atoms in total. The average Bonchev–Trinajstić information content (AvgIpc) is 2.48. The van der Waals surface area contributed by atoms with Crippen molar-refractivity contribution in [2.45, 2.75) is 0 Å². The van der Waals surface area contributed by atoms with Crippen LogP contribution in [0.4, 0.5) is 5.69 Å². The van der Waals surface area contributed by atoms with Crippen molar-refractivity contribution in [3.8, 4) is 5.75 Å². The minimum Gasteiger partial charge on any atom is -0.506 e. The number of hydrogen-bond donors (Lipinski definition) is 1. The van der Waals surface area contributed by atoms with E-state index in [0.717, 1.165) is 16.5 Å². The van der Waals surface area contributed by atoms with Gasteiger partial charge in [-0.3, -0.25) is 9.98 Å². The predicted octanol–water partition coefficient (Wildman–Crippen LogP) is 4.34. The summed E-state index contributed by atoms with van der Waals surface area (Å²) < 4.78 is 0. The van der Waals surface area contributed by atoms with Crippen molar-refractivity contribution in [2.75, 3.05) is 0 Å². The van der Waals surface area contributed by atoms with E-state index in [0.29, 0.717) is 10.7 Å². The van der Waals surface area contributed by atoms with Gasteiger partial charge in [-0.1, -0.05) is 35.9 Å². The molecular formula is C16H11ClN2O. The summed E-state index contributed by atoms with van der Waals surface area (Å²) in [6.45, 7) is 0. The van der Waals surface area contributed by atoms with Crippen LogP contribution in [0, 0.1) is 0 Å². The summed E-state index contributed by atoms with van der Waals surface area (Å²) in [6, 6.07) is 14.5. The van der Waals surface area contributed by atoms with E-state index in [1.807, 2.05) is 30.3 Å². The highest BCUT2D eigenvalue weighted by Gasteiger charge is 2.01. The highest BCUT2D eigenvalue weighted by molar-refractivity contribution is 6.30. The second-order valence-corrected chi connectivity index (χ2v) is 4.75. The van der Waals surface area contributed by atoms with Crippen LogP contribution in [-0.2, 0) is 0 Å². The fourth-order valence-electron chi connectivity index (χ4n) is 1.97. The molecule has 0 amide bonds. The summed E-state index contributed by atoms with van der Waals surface area (Å²) in [5.74, 6) is 0.0962. The molecule has 0 aliphatic heterocycles. The fraction of sp³-hybridized carbons (Fsp3) is 0. The largest absolute Gasteiger partial charge is 0.506 e. The minimum absolute atomic E-state index is 0.0962. The molecule has 4 heteroatoms. The van der Waals surface area contributed by atoms with E-state index in [1.165, 1.54) is 6.07 Å². The van der Waals surface area contributed by atoms with Gasteiger partial charge in [0.1, 0.15) is 11.4 Å². The lowest BCUT2D eigenvalue weighted by Gasteiger charge is -2.01. The number of aromatic nitrogens is 1. The number of aromatic hydroxyl groups is 1. The van der Waals surface area contributed by atoms with Crippen molar-refractivity contribution in [2.24, 2.45) is 4.99 Å². The minimum atomic E-state index is 0.0962. The lowest BCUT2D eigenvalue weighted by atomic mass is 10.1. The van der Waals surface area contributed by atoms with Gasteiger partial charge in [-0.2, -0.15) is 0 Å². The van der Waals surface area contributed by atoms with E-state index in [-0.39, 0.29) is 5.75 Å². The number of rotatable bonds is 2. The second-order valence-electron chi connectivity index (χ2n) is 4.31. The van der Waals surface area contributed by atoms with Crippen LogP contribution in [0.5, 0.6) is 5.75 Å². The number of halogens is 1. The van der Waals surface area contributed by atoms with Gasteiger partial charge in [-0.05, 0) is 24.3 Å². The third-order valence-corrected chi connectivity index (χ3v) is 3.18. The van der Waals surface area contributed by atoms with Crippen LogP contribution in [0.15, 0.2) is 59.7 Å². The van der Waals surface area contributed by atoms with E-state index in [1.54, 1.807) is 24.5 Å². The van der Waals surface area contributed by atoms with Crippen molar-refractivity contribution in [3.05, 3.63) is 65.3 Å². The first kappa shape index (κ1) is 12.6. The van der Waals surface area contributed by atoms with E-state index in [4.69, 9.17) is 11.6 Å². The highest BCUT2D eigenvalue weighted by Crippen LogP contribution is 2.29. The molecular weight excluding hydrogens is 272 g/mol. The highest BCUT2D eigenvalue weighted by atomic mass is 35.5. The van der Waals surface area contributed by atoms with Gasteiger partial charge in [-0.15, -0.1) is 0 Å². The number of hydrogen-bond acceptors (Lipinski definition) is 3. The van der Waals surface area contributed by atoms with Crippen LogP contribution in [0.2, 0.25) is 5.02 Å². The SMILES string of the molecule is Oc1ccc(Cl)cc1N=Cc1cccc2cccnc12. The molecule has 0 saturated heterocycles. The molecule has 0 spiro atoms. The number of nitrogens with zero attached hydrogens (tertiary/aromatic N) is 2. The lowest BCUT2D eigenvalue weighted by molar-refractivity contribution is 0.477. The van der Waals surface area contributed by atoms with E-state index in [2.05, 4.69) is 9.98 Å². The topological polar surface area (TPSA) is 45.5 Å². The van der Waals surface area contributed by atoms with E-state index < -0.39 is 0 Å². The zero-order valence-electron chi connectivity index (χ0n) is 10.5. The molecule has 3 rings (SSSR count). The molecule has 0 fully saturated rings. The number of phenolic OH excluding ortho intramolecular Hbond substituents is 1. The van der Waals surface area contributed by atoms with Crippen LogP contribution in [0.1, 0.15) is 5.56 Å². The Balaban J connectivity index is 2.05. The molecule has 0 unspecified atom stereocenters. The number of phenols is 1. The Morgan fingerprint density at radius 2 is 1.95 bits per heavy atom. The first-order valence-corrected chi connectivity index (χ1v) is 6.48. The molecule has 0 aliphatic carbocycles. The molecule has 2 aromatic carbocycles. The van der Waals surface area contributed by atoms with Gasteiger partial charge < -0.3 is 5.11 Å². The van der Waals surface area contributed by atoms with Crippen molar-refractivity contribution in [1.82, 2.24) is 4.98 Å². The van der Waals surface area contributed by atoms with Gasteiger partial charge in [0.25, 0.3) is 0 Å². The van der Waals surface area contributed by atoms with Crippen molar-refractivity contribution >= 4 is 34.4 Å². The standard InChI is InChI=1S/C16H11ClN2O/c17-13-6-7-15(20)14(9-13)19-10-12-4-1-3-11-5-2-8-18-16(11)12/h1-10,20H. The van der Waals surface area contributed by atoms with Gasteiger partial charge in [0.15, 0.2) is 0 Å². The number of para-hydroxylation sites is 1. The normalized spacial score (nSPS) is 11.2. The second kappa shape index (κ2) is 5.31. The maximum absolute atomic E-state index is 9.74. The summed E-state index contributed by atoms with van der Waals surface area (Å²) in [4.78, 5) is 8.64. The fourth-order valence-corrected chi connectivity index (χ4v) is 2.14. The van der Waals surface area contributed by atoms with Gasteiger partial charge in [0.2, 0.25) is 0 Å². The monoisotopic (exact) mass is 282 g/mol. The number of aliphatic imine (C=N–C) groups is 1. The van der Waals surface area contributed by atoms with Crippen LogP contribution < -0.4 is 0 Å². The average molecular weight is 283 g/mol. The summed E-state index contributed by atoms with van der Waals surface area (Å²) in [5, 5.41) is 11.3. The van der Waals surface area contributed by atoms with Crippen molar-refractivity contribution < 1.29 is 5.11 Å². The molecule has 0 atom stereocenters. The zero-order valence-corrected chi connectivity index (χ0v) is 11.2. The Kier molecular flexibility index (Phi) is 3.35. The third kappa shape index (κ3) is 2.49. The molecule has 0 radical (unpaired) electrons. The molecule has 20 heavy (non-hydrogen) atoms. The Labute approximate surface area is 121 Å². The predicted molar refractivity (Wildman–Crippen MR) is 82.1 cm³/mol. The first-order chi connectivity index (χ1) is 9.74. The molecule has 1 heterocycles. The Hall–Kier alpha value is -2.39. The molecule has 98 valence electrons. The van der Waals surface area contributed by atoms with Crippen LogP contribution in [-0.4, -0.2) is 16.3 Å². The molecule has 0 aliphatic rings. The molecule has 1 N–H and O–H groups in total. The van der Waals surface area contributed by atoms with Gasteiger partial charge in [0.05, 0.1) is 5.52 Å². The number of fused-ring (bicyclic) bond motifs is 1. The first-order valence-electron chi connectivity index (χ1n) is 6.10. The molecule has 0 saturated carbocycles. The van der Waals surface area contributed by atoms with Crippen molar-refractivity contribution in [3.63, 3.8) is 0 Å². The Bertz CT molecular complexity index is 794. The smallest absolute Gasteiger partial charge is 0.141 e. The summed E-state index contributed by atoms with van der Waals surface area (Å²) in [7, 11) is 0. The number of benzene rings is 2. The summed E-state index contributed by atoms with van der Waals surface area (Å²) in [6.07, 6.45) is 3.43. The number of pyridine rings is 1. The van der Waals surface area contributed by atoms with Crippen LogP contribution in [0.3, 0.4) is 0 Å². The summed E-state index contributed by atoms with van der Waals surface area (Å²) in [5.41, 5.74) is 2.20. The quantitative estimate of drug-likeness (QED) is 0.711. The lowest BCUT2D eigenvalue weighted by Crippen LogP contribution is -1.86. The van der Waals surface area contributed by atoms with Gasteiger partial charge in [0, 0.05) is 28.4 Å². The maximum atomic E-state index is 9.74. The molecule has 0 bridgehead atoms. The third-order valence-electron chi connectivity index (χ3n) is 2.94. The zero-order chi connectivity index (χ0) is 13.9. The molecule has 3 aromatic rings. The van der Waals surface area contributed by atoms with E-state index in [9.17, 15) is 5.11 Å². The Morgan fingerprint density at radius 3 is 2.85 bits per heavy atom. The van der Waals surface area contributed by atoms with E-state index >= 15 is 0 Å². The summed E-state index contributed by atoms with van der Waals surface area (Å²) >= 11 is 5.90. The van der Waals surface area contributed by atoms with Gasteiger partial charge >= 0.3 is 0 Å². The van der Waals surface area contributed by atoms with Crippen LogP contribution >= 0.6 is 11.6 Å². The van der Waals surface area contributed by atoms with Crippen LogP contribution in [0.25, 0.3) is 10.9 Å². The van der Waals surface area contributed by atoms with Crippen molar-refractivity contribution in [1.29, 1.82) is 0 Å². The maximum Gasteiger partial charge on any atom is 0.141 e. The molecule has 1 aromatic heterocycles.